The van der Waals surface area contributed by atoms with Gasteiger partial charge in [-0.25, -0.2) is 4.39 Å². The summed E-state index contributed by atoms with van der Waals surface area (Å²) in [6.07, 6.45) is 0. The number of hydrogen-bond donors (Lipinski definition) is 1. The number of likely N-dealkylation sites (tertiary alicyclic amines) is 1. The van der Waals surface area contributed by atoms with Crippen molar-refractivity contribution >= 4 is 33.3 Å². The normalized spacial score (nSPS) is 16.8. The molecule has 1 amide bonds. The maximum atomic E-state index is 13.2. The van der Waals surface area contributed by atoms with Gasteiger partial charge in [-0.15, -0.1) is 11.3 Å². The van der Waals surface area contributed by atoms with Crippen molar-refractivity contribution in [2.24, 2.45) is 11.8 Å². The summed E-state index contributed by atoms with van der Waals surface area (Å²) in [5.74, 6) is -1.68. The Hall–Kier alpha value is -1.95. The first-order chi connectivity index (χ1) is 9.95. The largest absolute Gasteiger partial charge is 0.481 e. The Balaban J connectivity index is 1.72. The zero-order valence-corrected chi connectivity index (χ0v) is 12.2. The molecule has 1 aromatic heterocycles. The number of rotatable bonds is 3. The number of benzene rings is 1. The lowest BCUT2D eigenvalue weighted by Crippen LogP contribution is -2.53. The quantitative estimate of drug-likeness (QED) is 0.948. The van der Waals surface area contributed by atoms with E-state index in [2.05, 4.69) is 0 Å². The van der Waals surface area contributed by atoms with Gasteiger partial charge in [-0.1, -0.05) is 13.0 Å². The second-order valence-corrected chi connectivity index (χ2v) is 6.47. The van der Waals surface area contributed by atoms with Gasteiger partial charge < -0.3 is 10.0 Å². The van der Waals surface area contributed by atoms with Crippen molar-refractivity contribution in [2.45, 2.75) is 6.92 Å². The Kier molecular flexibility index (Phi) is 3.41. The summed E-state index contributed by atoms with van der Waals surface area (Å²) in [6, 6.07) is 6.21. The van der Waals surface area contributed by atoms with Gasteiger partial charge in [0.15, 0.2) is 0 Å². The number of halogens is 1. The lowest BCUT2D eigenvalue weighted by molar-refractivity contribution is -0.144. The first kappa shape index (κ1) is 14.0. The van der Waals surface area contributed by atoms with E-state index >= 15 is 0 Å². The van der Waals surface area contributed by atoms with Gasteiger partial charge in [0, 0.05) is 23.7 Å². The van der Waals surface area contributed by atoms with Gasteiger partial charge in [0.25, 0.3) is 5.91 Å². The van der Waals surface area contributed by atoms with Crippen LogP contribution in [-0.4, -0.2) is 35.0 Å². The van der Waals surface area contributed by atoms with E-state index < -0.39 is 11.9 Å². The highest BCUT2D eigenvalue weighted by molar-refractivity contribution is 7.20. The van der Waals surface area contributed by atoms with Crippen molar-refractivity contribution in [2.75, 3.05) is 13.1 Å². The Morgan fingerprint density at radius 1 is 1.38 bits per heavy atom. The maximum absolute atomic E-state index is 13.2. The van der Waals surface area contributed by atoms with Crippen LogP contribution in [0.3, 0.4) is 0 Å². The molecular weight excluding hydrogens is 293 g/mol. The van der Waals surface area contributed by atoms with E-state index in [1.165, 1.54) is 23.5 Å². The Bertz CT molecular complexity index is 721. The smallest absolute Gasteiger partial charge is 0.306 e. The monoisotopic (exact) mass is 307 g/mol. The van der Waals surface area contributed by atoms with Crippen molar-refractivity contribution in [3.05, 3.63) is 35.0 Å². The SMILES string of the molecule is CC(C(=O)O)C1CN(C(=O)c2cc3ccc(F)cc3s2)C1. The number of nitrogens with zero attached hydrogens (tertiary/aromatic N) is 1. The van der Waals surface area contributed by atoms with Crippen LogP contribution in [0, 0.1) is 17.7 Å². The average Bonchev–Trinajstić information content (AvgIpc) is 2.79. The fraction of sp³-hybridized carbons (Fsp3) is 0.333. The molecule has 110 valence electrons. The summed E-state index contributed by atoms with van der Waals surface area (Å²) >= 11 is 1.27. The Labute approximate surface area is 124 Å². The van der Waals surface area contributed by atoms with E-state index in [1.807, 2.05) is 0 Å². The van der Waals surface area contributed by atoms with Crippen molar-refractivity contribution in [3.63, 3.8) is 0 Å². The fourth-order valence-electron chi connectivity index (χ4n) is 2.46. The Morgan fingerprint density at radius 3 is 2.76 bits per heavy atom. The Morgan fingerprint density at radius 2 is 2.10 bits per heavy atom. The fourth-order valence-corrected chi connectivity index (χ4v) is 3.52. The average molecular weight is 307 g/mol. The molecule has 1 unspecified atom stereocenters. The molecule has 2 heterocycles. The molecule has 0 aliphatic carbocycles. The first-order valence-corrected chi connectivity index (χ1v) is 7.48. The van der Waals surface area contributed by atoms with Crippen LogP contribution in [0.25, 0.3) is 10.1 Å². The molecule has 1 fully saturated rings. The highest BCUT2D eigenvalue weighted by Gasteiger charge is 2.37. The molecule has 1 aromatic carbocycles. The van der Waals surface area contributed by atoms with Crippen LogP contribution in [-0.2, 0) is 4.79 Å². The standard InChI is InChI=1S/C15H14FNO3S/c1-8(15(19)20)10-6-17(7-10)14(18)13-4-9-2-3-11(16)5-12(9)21-13/h2-5,8,10H,6-7H2,1H3,(H,19,20). The molecule has 0 saturated carbocycles. The molecule has 0 spiro atoms. The predicted octanol–water partition coefficient (Wildman–Crippen LogP) is 2.83. The van der Waals surface area contributed by atoms with E-state index in [1.54, 1.807) is 24.0 Å². The molecule has 1 atom stereocenters. The van der Waals surface area contributed by atoms with Crippen LogP contribution in [0.15, 0.2) is 24.3 Å². The third-order valence-electron chi connectivity index (χ3n) is 3.99. The summed E-state index contributed by atoms with van der Waals surface area (Å²) in [7, 11) is 0. The summed E-state index contributed by atoms with van der Waals surface area (Å²) < 4.78 is 13.9. The minimum atomic E-state index is -0.829. The van der Waals surface area contributed by atoms with Crippen molar-refractivity contribution in [1.29, 1.82) is 0 Å². The van der Waals surface area contributed by atoms with Gasteiger partial charge >= 0.3 is 5.97 Å². The molecule has 1 aliphatic heterocycles. The second kappa shape index (κ2) is 5.11. The lowest BCUT2D eigenvalue weighted by Gasteiger charge is -2.40. The minimum Gasteiger partial charge on any atom is -0.481 e. The predicted molar refractivity (Wildman–Crippen MR) is 78.0 cm³/mol. The number of hydrogen-bond acceptors (Lipinski definition) is 3. The van der Waals surface area contributed by atoms with Crippen molar-refractivity contribution in [1.82, 2.24) is 4.90 Å². The van der Waals surface area contributed by atoms with Gasteiger partial charge in [0.05, 0.1) is 10.8 Å². The highest BCUT2D eigenvalue weighted by Crippen LogP contribution is 2.31. The number of amides is 1. The summed E-state index contributed by atoms with van der Waals surface area (Å²) in [5.41, 5.74) is 0. The molecule has 1 aliphatic rings. The first-order valence-electron chi connectivity index (χ1n) is 6.67. The van der Waals surface area contributed by atoms with Crippen LogP contribution >= 0.6 is 11.3 Å². The number of carbonyl (C=O) groups excluding carboxylic acids is 1. The molecule has 2 aromatic rings. The number of aliphatic carboxylic acids is 1. The number of carbonyl (C=O) groups is 2. The highest BCUT2D eigenvalue weighted by atomic mass is 32.1. The molecule has 0 radical (unpaired) electrons. The molecule has 0 bridgehead atoms. The van der Waals surface area contributed by atoms with E-state index in [0.717, 1.165) is 10.1 Å². The van der Waals surface area contributed by atoms with E-state index in [-0.39, 0.29) is 17.6 Å². The van der Waals surface area contributed by atoms with Crippen LogP contribution < -0.4 is 0 Å². The topological polar surface area (TPSA) is 57.6 Å². The lowest BCUT2D eigenvalue weighted by atomic mass is 9.87. The van der Waals surface area contributed by atoms with Gasteiger partial charge in [0.1, 0.15) is 5.82 Å². The van der Waals surface area contributed by atoms with Gasteiger partial charge in [0.2, 0.25) is 0 Å². The van der Waals surface area contributed by atoms with Gasteiger partial charge in [-0.3, -0.25) is 9.59 Å². The number of carboxylic acid groups (broad SMARTS) is 1. The maximum Gasteiger partial charge on any atom is 0.306 e. The van der Waals surface area contributed by atoms with E-state index in [9.17, 15) is 14.0 Å². The third kappa shape index (κ3) is 2.51. The van der Waals surface area contributed by atoms with E-state index in [4.69, 9.17) is 5.11 Å². The van der Waals surface area contributed by atoms with Crippen molar-refractivity contribution in [3.8, 4) is 0 Å². The van der Waals surface area contributed by atoms with E-state index in [0.29, 0.717) is 18.0 Å². The van der Waals surface area contributed by atoms with Gasteiger partial charge in [-0.05, 0) is 23.6 Å². The number of carboxylic acids is 1. The van der Waals surface area contributed by atoms with Crippen LogP contribution in [0.4, 0.5) is 4.39 Å². The molecule has 4 nitrogen and oxygen atoms in total. The molecular formula is C15H14FNO3S. The third-order valence-corrected chi connectivity index (χ3v) is 5.07. The zero-order valence-electron chi connectivity index (χ0n) is 11.4. The van der Waals surface area contributed by atoms with Gasteiger partial charge in [-0.2, -0.15) is 0 Å². The molecule has 6 heteroatoms. The molecule has 3 rings (SSSR count). The molecule has 1 saturated heterocycles. The number of fused-ring (bicyclic) bond motifs is 1. The zero-order chi connectivity index (χ0) is 15.1. The summed E-state index contributed by atoms with van der Waals surface area (Å²) in [4.78, 5) is 25.4. The number of thiophene rings is 1. The van der Waals surface area contributed by atoms with Crippen molar-refractivity contribution < 1.29 is 19.1 Å². The van der Waals surface area contributed by atoms with Crippen LogP contribution in [0.1, 0.15) is 16.6 Å². The molecule has 21 heavy (non-hydrogen) atoms. The minimum absolute atomic E-state index is 0.0123. The second-order valence-electron chi connectivity index (χ2n) is 5.39. The van der Waals surface area contributed by atoms with Crippen LogP contribution in [0.2, 0.25) is 0 Å². The summed E-state index contributed by atoms with van der Waals surface area (Å²) in [5, 5.41) is 9.79. The summed E-state index contributed by atoms with van der Waals surface area (Å²) in [6.45, 7) is 2.60. The molecule has 1 N–H and O–H groups in total. The van der Waals surface area contributed by atoms with Crippen LogP contribution in [0.5, 0.6) is 0 Å².